The summed E-state index contributed by atoms with van der Waals surface area (Å²) in [6.07, 6.45) is 10.9. The highest BCUT2D eigenvalue weighted by Gasteiger charge is 2.28. The standard InChI is InChI=1S/C23H32N2O2/c1-24(18-20-8-4-2-5-9-20)22(26)13-12-19-14-16-25(17-15-19)23(27)21-10-6-3-7-11-21/h2-6,8-9,19,21H,7,10-18H2,1H3/t21-/m1/s1. The molecule has 1 aliphatic heterocycles. The first kappa shape index (κ1) is 19.7. The summed E-state index contributed by atoms with van der Waals surface area (Å²) in [7, 11) is 1.88. The van der Waals surface area contributed by atoms with Crippen molar-refractivity contribution in [3.8, 4) is 0 Å². The number of benzene rings is 1. The van der Waals surface area contributed by atoms with E-state index in [2.05, 4.69) is 29.2 Å². The second-order valence-electron chi connectivity index (χ2n) is 8.02. The number of hydrogen-bond donors (Lipinski definition) is 0. The Hall–Kier alpha value is -2.10. The molecule has 0 saturated carbocycles. The molecule has 0 bridgehead atoms. The maximum Gasteiger partial charge on any atom is 0.226 e. The third-order valence-corrected chi connectivity index (χ3v) is 6.00. The van der Waals surface area contributed by atoms with Crippen molar-refractivity contribution < 1.29 is 9.59 Å². The Morgan fingerprint density at radius 2 is 1.81 bits per heavy atom. The smallest absolute Gasteiger partial charge is 0.226 e. The molecule has 0 unspecified atom stereocenters. The van der Waals surface area contributed by atoms with Gasteiger partial charge in [-0.05, 0) is 50.0 Å². The summed E-state index contributed by atoms with van der Waals surface area (Å²) in [6.45, 7) is 2.39. The minimum atomic E-state index is 0.194. The first-order valence-electron chi connectivity index (χ1n) is 10.3. The second-order valence-corrected chi connectivity index (χ2v) is 8.02. The Morgan fingerprint density at radius 1 is 1.07 bits per heavy atom. The van der Waals surface area contributed by atoms with Crippen LogP contribution in [0.1, 0.15) is 50.5 Å². The van der Waals surface area contributed by atoms with Gasteiger partial charge in [0.05, 0.1) is 0 Å². The molecule has 0 radical (unpaired) electrons. The average Bonchev–Trinajstić information content (AvgIpc) is 2.73. The van der Waals surface area contributed by atoms with Gasteiger partial charge in [-0.1, -0.05) is 42.5 Å². The van der Waals surface area contributed by atoms with Crippen molar-refractivity contribution in [2.45, 2.75) is 51.5 Å². The Labute approximate surface area is 163 Å². The van der Waals surface area contributed by atoms with Gasteiger partial charge in [0.2, 0.25) is 11.8 Å². The van der Waals surface area contributed by atoms with E-state index >= 15 is 0 Å². The number of allylic oxidation sites excluding steroid dienone is 2. The number of carbonyl (C=O) groups is 2. The molecule has 27 heavy (non-hydrogen) atoms. The van der Waals surface area contributed by atoms with Gasteiger partial charge >= 0.3 is 0 Å². The van der Waals surface area contributed by atoms with Crippen LogP contribution in [0, 0.1) is 11.8 Å². The monoisotopic (exact) mass is 368 g/mol. The maximum atomic E-state index is 12.6. The Bertz CT molecular complexity index is 648. The van der Waals surface area contributed by atoms with Crippen LogP contribution in [0.2, 0.25) is 0 Å². The first-order chi connectivity index (χ1) is 13.1. The van der Waals surface area contributed by atoms with Gasteiger partial charge in [0.1, 0.15) is 0 Å². The van der Waals surface area contributed by atoms with Crippen LogP contribution < -0.4 is 0 Å². The summed E-state index contributed by atoms with van der Waals surface area (Å²) in [5, 5.41) is 0. The van der Waals surface area contributed by atoms with E-state index in [1.54, 1.807) is 0 Å². The normalized spacial score (nSPS) is 20.5. The van der Waals surface area contributed by atoms with Gasteiger partial charge in [0, 0.05) is 39.0 Å². The van der Waals surface area contributed by atoms with Gasteiger partial charge in [0.25, 0.3) is 0 Å². The minimum Gasteiger partial charge on any atom is -0.342 e. The lowest BCUT2D eigenvalue weighted by Crippen LogP contribution is -2.42. The largest absolute Gasteiger partial charge is 0.342 e. The van der Waals surface area contributed by atoms with E-state index in [-0.39, 0.29) is 11.8 Å². The number of piperidine rings is 1. The zero-order valence-corrected chi connectivity index (χ0v) is 16.5. The second kappa shape index (κ2) is 9.72. The molecular weight excluding hydrogens is 336 g/mol. The predicted octanol–water partition coefficient (Wildman–Crippen LogP) is 4.02. The van der Waals surface area contributed by atoms with Crippen LogP contribution in [0.25, 0.3) is 0 Å². The van der Waals surface area contributed by atoms with Crippen LogP contribution in [-0.4, -0.2) is 41.8 Å². The molecule has 4 nitrogen and oxygen atoms in total. The summed E-state index contributed by atoms with van der Waals surface area (Å²) in [4.78, 5) is 28.9. The number of likely N-dealkylation sites (tertiary alicyclic amines) is 1. The molecule has 1 saturated heterocycles. The fourth-order valence-corrected chi connectivity index (χ4v) is 4.18. The van der Waals surface area contributed by atoms with E-state index in [1.807, 2.05) is 30.1 Å². The van der Waals surface area contributed by atoms with Gasteiger partial charge in [-0.25, -0.2) is 0 Å². The third-order valence-electron chi connectivity index (χ3n) is 6.00. The zero-order chi connectivity index (χ0) is 19.1. The van der Waals surface area contributed by atoms with Gasteiger partial charge < -0.3 is 9.80 Å². The maximum absolute atomic E-state index is 12.6. The quantitative estimate of drug-likeness (QED) is 0.712. The van der Waals surface area contributed by atoms with E-state index in [0.29, 0.717) is 24.8 Å². The molecule has 1 heterocycles. The summed E-state index contributed by atoms with van der Waals surface area (Å²) >= 11 is 0. The molecule has 1 aromatic rings. The highest BCUT2D eigenvalue weighted by atomic mass is 16.2. The van der Waals surface area contributed by atoms with E-state index in [9.17, 15) is 9.59 Å². The van der Waals surface area contributed by atoms with Crippen molar-refractivity contribution in [3.05, 3.63) is 48.0 Å². The van der Waals surface area contributed by atoms with E-state index in [4.69, 9.17) is 0 Å². The van der Waals surface area contributed by atoms with Crippen molar-refractivity contribution >= 4 is 11.8 Å². The predicted molar refractivity (Wildman–Crippen MR) is 108 cm³/mol. The molecular formula is C23H32N2O2. The van der Waals surface area contributed by atoms with Crippen LogP contribution >= 0.6 is 0 Å². The SMILES string of the molecule is CN(Cc1ccccc1)C(=O)CCC1CCN(C(=O)[C@@H]2CC=CCC2)CC1. The van der Waals surface area contributed by atoms with Gasteiger partial charge in [0.15, 0.2) is 0 Å². The molecule has 4 heteroatoms. The average molecular weight is 369 g/mol. The van der Waals surface area contributed by atoms with Crippen molar-refractivity contribution in [3.63, 3.8) is 0 Å². The zero-order valence-electron chi connectivity index (χ0n) is 16.5. The van der Waals surface area contributed by atoms with Crippen LogP contribution in [0.3, 0.4) is 0 Å². The molecule has 1 atom stereocenters. The molecule has 2 aliphatic rings. The van der Waals surface area contributed by atoms with Crippen LogP contribution in [0.4, 0.5) is 0 Å². The summed E-state index contributed by atoms with van der Waals surface area (Å²) in [6, 6.07) is 10.1. The van der Waals surface area contributed by atoms with Crippen molar-refractivity contribution in [2.24, 2.45) is 11.8 Å². The van der Waals surface area contributed by atoms with Crippen LogP contribution in [0.15, 0.2) is 42.5 Å². The van der Waals surface area contributed by atoms with Gasteiger partial charge in [-0.3, -0.25) is 9.59 Å². The number of hydrogen-bond acceptors (Lipinski definition) is 2. The molecule has 3 rings (SSSR count). The summed E-state index contributed by atoms with van der Waals surface area (Å²) in [5.41, 5.74) is 1.16. The molecule has 1 fully saturated rings. The Kier molecular flexibility index (Phi) is 7.08. The molecule has 2 amide bonds. The number of amides is 2. The Balaban J connectivity index is 1.37. The minimum absolute atomic E-state index is 0.194. The van der Waals surface area contributed by atoms with Crippen molar-refractivity contribution in [1.82, 2.24) is 9.80 Å². The van der Waals surface area contributed by atoms with Gasteiger partial charge in [-0.15, -0.1) is 0 Å². The number of rotatable bonds is 6. The van der Waals surface area contributed by atoms with Crippen molar-refractivity contribution in [1.29, 1.82) is 0 Å². The molecule has 0 aromatic heterocycles. The van der Waals surface area contributed by atoms with Gasteiger partial charge in [-0.2, -0.15) is 0 Å². The lowest BCUT2D eigenvalue weighted by atomic mass is 9.89. The Morgan fingerprint density at radius 3 is 2.48 bits per heavy atom. The van der Waals surface area contributed by atoms with E-state index in [0.717, 1.165) is 57.2 Å². The van der Waals surface area contributed by atoms with Crippen molar-refractivity contribution in [2.75, 3.05) is 20.1 Å². The topological polar surface area (TPSA) is 40.6 Å². The highest BCUT2D eigenvalue weighted by molar-refractivity contribution is 5.79. The van der Waals surface area contributed by atoms with Crippen LogP contribution in [-0.2, 0) is 16.1 Å². The highest BCUT2D eigenvalue weighted by Crippen LogP contribution is 2.26. The molecule has 0 spiro atoms. The van der Waals surface area contributed by atoms with E-state index in [1.165, 1.54) is 0 Å². The first-order valence-corrected chi connectivity index (χ1v) is 10.3. The third kappa shape index (κ3) is 5.69. The lowest BCUT2D eigenvalue weighted by molar-refractivity contribution is -0.137. The number of nitrogens with zero attached hydrogens (tertiary/aromatic N) is 2. The summed E-state index contributed by atoms with van der Waals surface area (Å²) < 4.78 is 0. The molecule has 1 aliphatic carbocycles. The van der Waals surface area contributed by atoms with E-state index < -0.39 is 0 Å². The molecule has 0 N–H and O–H groups in total. The van der Waals surface area contributed by atoms with Crippen LogP contribution in [0.5, 0.6) is 0 Å². The summed E-state index contributed by atoms with van der Waals surface area (Å²) in [5.74, 6) is 1.32. The number of carbonyl (C=O) groups excluding carboxylic acids is 2. The lowest BCUT2D eigenvalue weighted by Gasteiger charge is -2.34. The molecule has 146 valence electrons. The fraction of sp³-hybridized carbons (Fsp3) is 0.565. The molecule has 1 aromatic carbocycles. The fourth-order valence-electron chi connectivity index (χ4n) is 4.18.